The van der Waals surface area contributed by atoms with E-state index in [1.54, 1.807) is 23.7 Å². The summed E-state index contributed by atoms with van der Waals surface area (Å²) in [6.07, 6.45) is 7.28. The lowest BCUT2D eigenvalue weighted by atomic mass is 10.1. The molecule has 5 aromatic heterocycles. The molecule has 0 spiro atoms. The number of nitrogens with two attached hydrogens (primary N) is 1. The van der Waals surface area contributed by atoms with Gasteiger partial charge in [-0.25, -0.2) is 24.6 Å². The van der Waals surface area contributed by atoms with Crippen LogP contribution in [0.1, 0.15) is 29.3 Å². The molecule has 7 rings (SSSR count). The van der Waals surface area contributed by atoms with Crippen molar-refractivity contribution in [3.8, 4) is 27.8 Å². The van der Waals surface area contributed by atoms with Crippen molar-refractivity contribution in [2.75, 3.05) is 5.73 Å². The summed E-state index contributed by atoms with van der Waals surface area (Å²) in [6.45, 7) is 1.99. The molecule has 0 saturated carbocycles. The topological polar surface area (TPSA) is 113 Å². The second kappa shape index (κ2) is 8.06. The zero-order valence-electron chi connectivity index (χ0n) is 19.4. The van der Waals surface area contributed by atoms with Crippen molar-refractivity contribution in [1.29, 1.82) is 0 Å². The largest absolute Gasteiger partial charge is 0.383 e. The van der Waals surface area contributed by atoms with Crippen molar-refractivity contribution < 1.29 is 0 Å². The molecule has 0 radical (unpaired) electrons. The van der Waals surface area contributed by atoms with Gasteiger partial charge in [-0.05, 0) is 67.3 Å². The van der Waals surface area contributed by atoms with Crippen molar-refractivity contribution in [3.63, 3.8) is 0 Å². The molecule has 5 heterocycles. The molecule has 1 atom stereocenters. The zero-order chi connectivity index (χ0) is 24.2. The number of rotatable bonds is 4. The SMILES string of the molecule is Cc1csc(-c2ccc3nc(-c4cccnc4N)n(-c4ccc5c(c4)CC[C@@H]5n4ccnn4)c3n2)n1. The number of pyridine rings is 2. The molecule has 0 bridgehead atoms. The summed E-state index contributed by atoms with van der Waals surface area (Å²) in [5.41, 5.74) is 13.9. The number of imidazole rings is 1. The Hall–Kier alpha value is -4.44. The van der Waals surface area contributed by atoms with E-state index in [9.17, 15) is 0 Å². The molecule has 0 saturated heterocycles. The minimum absolute atomic E-state index is 0.197. The van der Waals surface area contributed by atoms with Gasteiger partial charge in [0, 0.05) is 29.2 Å². The third-order valence-electron chi connectivity index (χ3n) is 6.61. The summed E-state index contributed by atoms with van der Waals surface area (Å²) < 4.78 is 4.01. The van der Waals surface area contributed by atoms with Crippen LogP contribution in [-0.2, 0) is 6.42 Å². The number of nitrogens with zero attached hydrogens (tertiary/aromatic N) is 8. The predicted octanol–water partition coefficient (Wildman–Crippen LogP) is 4.62. The van der Waals surface area contributed by atoms with Gasteiger partial charge in [0.05, 0.1) is 17.8 Å². The molecule has 0 unspecified atom stereocenters. The molecule has 2 N–H and O–H groups in total. The minimum Gasteiger partial charge on any atom is -0.383 e. The van der Waals surface area contributed by atoms with Gasteiger partial charge in [-0.15, -0.1) is 16.4 Å². The molecule has 10 heteroatoms. The number of benzene rings is 1. The molecule has 1 aliphatic rings. The van der Waals surface area contributed by atoms with Crippen LogP contribution in [-0.4, -0.2) is 39.5 Å². The van der Waals surface area contributed by atoms with Crippen molar-refractivity contribution in [3.05, 3.63) is 83.3 Å². The maximum atomic E-state index is 6.30. The van der Waals surface area contributed by atoms with Crippen LogP contribution in [0.2, 0.25) is 0 Å². The highest BCUT2D eigenvalue weighted by Crippen LogP contribution is 2.37. The molecule has 176 valence electrons. The smallest absolute Gasteiger partial charge is 0.165 e. The Morgan fingerprint density at radius 2 is 2.00 bits per heavy atom. The first kappa shape index (κ1) is 20.9. The number of aromatic nitrogens is 8. The number of fused-ring (bicyclic) bond motifs is 2. The van der Waals surface area contributed by atoms with Gasteiger partial charge >= 0.3 is 0 Å². The average Bonchev–Trinajstić information content (AvgIpc) is 3.68. The minimum atomic E-state index is 0.197. The van der Waals surface area contributed by atoms with E-state index >= 15 is 0 Å². The number of hydrogen-bond donors (Lipinski definition) is 1. The molecule has 1 aliphatic carbocycles. The van der Waals surface area contributed by atoms with Crippen molar-refractivity contribution in [1.82, 2.24) is 39.5 Å². The van der Waals surface area contributed by atoms with E-state index in [-0.39, 0.29) is 6.04 Å². The first-order valence-electron chi connectivity index (χ1n) is 11.7. The lowest BCUT2D eigenvalue weighted by molar-refractivity contribution is 0.504. The lowest BCUT2D eigenvalue weighted by Crippen LogP contribution is -2.08. The Kier molecular flexibility index (Phi) is 4.68. The van der Waals surface area contributed by atoms with Gasteiger partial charge in [-0.1, -0.05) is 11.3 Å². The standard InChI is InChI=1S/C26H21N9S/c1-15-14-36-26(30-15)21-8-7-20-25(32-21)35(24(31-20)19-3-2-10-28-23(19)27)17-5-6-18-16(13-17)4-9-22(18)34-12-11-29-33-34/h2-3,5-8,10-14,22H,4,9H2,1H3,(H2,27,28)/t22-/m0/s1. The molecular formula is C26H21N9S. The van der Waals surface area contributed by atoms with Gasteiger partial charge < -0.3 is 5.73 Å². The highest BCUT2D eigenvalue weighted by atomic mass is 32.1. The highest BCUT2D eigenvalue weighted by Gasteiger charge is 2.26. The van der Waals surface area contributed by atoms with E-state index < -0.39 is 0 Å². The first-order chi connectivity index (χ1) is 17.7. The summed E-state index contributed by atoms with van der Waals surface area (Å²) in [4.78, 5) is 18.9. The maximum absolute atomic E-state index is 6.30. The van der Waals surface area contributed by atoms with Crippen LogP contribution in [0.5, 0.6) is 0 Å². The fourth-order valence-electron chi connectivity index (χ4n) is 4.96. The molecule has 36 heavy (non-hydrogen) atoms. The Morgan fingerprint density at radius 1 is 1.06 bits per heavy atom. The molecular weight excluding hydrogens is 470 g/mol. The highest BCUT2D eigenvalue weighted by molar-refractivity contribution is 7.13. The number of anilines is 1. The van der Waals surface area contributed by atoms with E-state index in [1.807, 2.05) is 47.4 Å². The van der Waals surface area contributed by atoms with Crippen LogP contribution in [0.25, 0.3) is 38.9 Å². The van der Waals surface area contributed by atoms with E-state index in [2.05, 4.69) is 43.0 Å². The zero-order valence-corrected chi connectivity index (χ0v) is 20.2. The molecule has 0 aliphatic heterocycles. The molecule has 9 nitrogen and oxygen atoms in total. The summed E-state index contributed by atoms with van der Waals surface area (Å²) in [5.74, 6) is 1.14. The van der Waals surface area contributed by atoms with Crippen molar-refractivity contribution in [2.45, 2.75) is 25.8 Å². The van der Waals surface area contributed by atoms with Gasteiger partial charge in [0.2, 0.25) is 0 Å². The van der Waals surface area contributed by atoms with Gasteiger partial charge in [0.25, 0.3) is 0 Å². The Morgan fingerprint density at radius 3 is 2.81 bits per heavy atom. The van der Waals surface area contributed by atoms with Crippen LogP contribution < -0.4 is 5.73 Å². The fourth-order valence-corrected chi connectivity index (χ4v) is 5.72. The van der Waals surface area contributed by atoms with Gasteiger partial charge in [0.1, 0.15) is 22.0 Å². The van der Waals surface area contributed by atoms with Crippen LogP contribution in [0.15, 0.2) is 66.4 Å². The number of nitrogen functional groups attached to an aromatic ring is 1. The molecule has 0 amide bonds. The summed E-state index contributed by atoms with van der Waals surface area (Å²) >= 11 is 1.59. The number of hydrogen-bond acceptors (Lipinski definition) is 8. The van der Waals surface area contributed by atoms with E-state index in [0.29, 0.717) is 11.6 Å². The first-order valence-corrected chi connectivity index (χ1v) is 12.6. The van der Waals surface area contributed by atoms with Crippen molar-refractivity contribution >= 4 is 28.3 Å². The quantitative estimate of drug-likeness (QED) is 0.383. The predicted molar refractivity (Wildman–Crippen MR) is 139 cm³/mol. The fraction of sp³-hybridized carbons (Fsp3) is 0.154. The van der Waals surface area contributed by atoms with E-state index in [1.165, 1.54) is 11.1 Å². The Bertz CT molecular complexity index is 1730. The summed E-state index contributed by atoms with van der Waals surface area (Å²) in [5, 5.41) is 11.1. The van der Waals surface area contributed by atoms with Gasteiger partial charge in [0.15, 0.2) is 11.5 Å². The lowest BCUT2D eigenvalue weighted by Gasteiger charge is -2.14. The summed E-state index contributed by atoms with van der Waals surface area (Å²) in [7, 11) is 0. The van der Waals surface area contributed by atoms with E-state index in [4.69, 9.17) is 15.7 Å². The molecule has 1 aromatic carbocycles. The third kappa shape index (κ3) is 3.29. The number of thiazole rings is 1. The Balaban J connectivity index is 1.44. The van der Waals surface area contributed by atoms with Crippen LogP contribution in [0.3, 0.4) is 0 Å². The third-order valence-corrected chi connectivity index (χ3v) is 7.60. The normalized spacial score (nSPS) is 15.0. The van der Waals surface area contributed by atoms with Crippen LogP contribution in [0, 0.1) is 6.92 Å². The van der Waals surface area contributed by atoms with Crippen LogP contribution >= 0.6 is 11.3 Å². The summed E-state index contributed by atoms with van der Waals surface area (Å²) in [6, 6.07) is 14.5. The Labute approximate surface area is 210 Å². The van der Waals surface area contributed by atoms with Crippen LogP contribution in [0.4, 0.5) is 5.82 Å². The maximum Gasteiger partial charge on any atom is 0.165 e. The second-order valence-corrected chi connectivity index (χ2v) is 9.72. The van der Waals surface area contributed by atoms with Gasteiger partial charge in [-0.2, -0.15) is 0 Å². The average molecular weight is 492 g/mol. The molecule has 6 aromatic rings. The number of aryl methyl sites for hydroxylation is 2. The monoisotopic (exact) mass is 491 g/mol. The molecule has 0 fully saturated rings. The van der Waals surface area contributed by atoms with Crippen molar-refractivity contribution in [2.24, 2.45) is 0 Å². The van der Waals surface area contributed by atoms with Gasteiger partial charge in [-0.3, -0.25) is 4.57 Å². The van der Waals surface area contributed by atoms with E-state index in [0.717, 1.165) is 51.7 Å². The second-order valence-electron chi connectivity index (χ2n) is 8.86.